The van der Waals surface area contributed by atoms with Crippen LogP contribution in [0.2, 0.25) is 0 Å². The molecule has 2 N–H and O–H groups in total. The molecule has 2 amide bonds. The first-order valence-corrected chi connectivity index (χ1v) is 10.4. The van der Waals surface area contributed by atoms with Gasteiger partial charge in [-0.25, -0.2) is 0 Å². The monoisotopic (exact) mass is 373 g/mol. The van der Waals surface area contributed by atoms with E-state index < -0.39 is 0 Å². The summed E-state index contributed by atoms with van der Waals surface area (Å²) < 4.78 is 0. The van der Waals surface area contributed by atoms with Crippen LogP contribution < -0.4 is 10.6 Å². The van der Waals surface area contributed by atoms with Crippen LogP contribution in [0, 0.1) is 12.8 Å². The van der Waals surface area contributed by atoms with Gasteiger partial charge in [-0.1, -0.05) is 56.0 Å². The van der Waals surface area contributed by atoms with E-state index >= 15 is 0 Å². The zero-order valence-corrected chi connectivity index (χ0v) is 16.9. The number of nitrogens with one attached hydrogen (secondary N) is 2. The molecule has 1 aromatic rings. The maximum Gasteiger partial charge on any atom is 0.234 e. The van der Waals surface area contributed by atoms with E-state index in [1.165, 1.54) is 24.8 Å². The van der Waals surface area contributed by atoms with Crippen LogP contribution in [0.5, 0.6) is 0 Å². The quantitative estimate of drug-likeness (QED) is 0.620. The molecule has 1 heterocycles. The first kappa shape index (κ1) is 21.4. The molecule has 0 bridgehead atoms. The van der Waals surface area contributed by atoms with E-state index in [1.807, 2.05) is 12.1 Å². The highest BCUT2D eigenvalue weighted by Gasteiger charge is 2.26. The Balaban J connectivity index is 1.67. The predicted molar refractivity (Wildman–Crippen MR) is 109 cm³/mol. The Morgan fingerprint density at radius 3 is 2.63 bits per heavy atom. The van der Waals surface area contributed by atoms with Gasteiger partial charge in [0, 0.05) is 19.6 Å². The van der Waals surface area contributed by atoms with Crippen molar-refractivity contribution in [3.63, 3.8) is 0 Å². The van der Waals surface area contributed by atoms with Gasteiger partial charge in [-0.2, -0.15) is 0 Å². The number of benzene rings is 1. The fourth-order valence-electron chi connectivity index (χ4n) is 3.49. The van der Waals surface area contributed by atoms with Crippen molar-refractivity contribution in [3.05, 3.63) is 35.4 Å². The second-order valence-electron chi connectivity index (χ2n) is 7.69. The number of hydrogen-bond donors (Lipinski definition) is 2. The average molecular weight is 374 g/mol. The minimum absolute atomic E-state index is 0.00910. The lowest BCUT2D eigenvalue weighted by molar-refractivity contribution is -0.129. The zero-order chi connectivity index (χ0) is 19.5. The molecule has 5 heteroatoms. The van der Waals surface area contributed by atoms with E-state index in [4.69, 9.17) is 0 Å². The van der Waals surface area contributed by atoms with Gasteiger partial charge in [0.2, 0.25) is 11.8 Å². The fourth-order valence-corrected chi connectivity index (χ4v) is 3.49. The lowest BCUT2D eigenvalue weighted by Crippen LogP contribution is -2.46. The Bertz CT molecular complexity index is 586. The second-order valence-corrected chi connectivity index (χ2v) is 7.69. The van der Waals surface area contributed by atoms with Crippen LogP contribution in [0.4, 0.5) is 0 Å². The minimum Gasteiger partial charge on any atom is -0.356 e. The molecule has 1 aromatic carbocycles. The van der Waals surface area contributed by atoms with Crippen molar-refractivity contribution < 1.29 is 9.59 Å². The number of amides is 2. The van der Waals surface area contributed by atoms with E-state index in [0.29, 0.717) is 19.6 Å². The largest absolute Gasteiger partial charge is 0.356 e. The van der Waals surface area contributed by atoms with Gasteiger partial charge < -0.3 is 10.6 Å². The average Bonchev–Trinajstić information content (AvgIpc) is 2.67. The van der Waals surface area contributed by atoms with E-state index in [1.54, 1.807) is 0 Å². The van der Waals surface area contributed by atoms with Crippen molar-refractivity contribution in [1.82, 2.24) is 15.5 Å². The fraction of sp³-hybridized carbons (Fsp3) is 0.636. The summed E-state index contributed by atoms with van der Waals surface area (Å²) in [5.74, 6) is 0.183. The third kappa shape index (κ3) is 8.12. The topological polar surface area (TPSA) is 61.4 Å². The molecule has 0 aromatic heterocycles. The lowest BCUT2D eigenvalue weighted by Gasteiger charge is -2.31. The van der Waals surface area contributed by atoms with Crippen LogP contribution in [0.3, 0.4) is 0 Å². The summed E-state index contributed by atoms with van der Waals surface area (Å²) in [5, 5.41) is 6.05. The number of unbranched alkanes of at least 4 members (excludes halogenated alkanes) is 3. The van der Waals surface area contributed by atoms with Crippen LogP contribution in [-0.2, 0) is 16.1 Å². The molecule has 27 heavy (non-hydrogen) atoms. The maximum atomic E-state index is 12.4. The molecule has 1 saturated heterocycles. The highest BCUT2D eigenvalue weighted by molar-refractivity contribution is 5.80. The summed E-state index contributed by atoms with van der Waals surface area (Å²) in [4.78, 5) is 26.7. The Hall–Kier alpha value is -1.88. The molecule has 1 aliphatic rings. The standard InChI is InChI=1S/C22H35N3O2/c1-3-4-5-6-13-23-22(27)20-8-7-14-25(16-20)17-21(26)24-15-19-11-9-18(2)10-12-19/h9-12,20H,3-8,13-17H2,1-2H3,(H,23,27)(H,24,26). The summed E-state index contributed by atoms with van der Waals surface area (Å²) in [6.45, 7) is 7.49. The summed E-state index contributed by atoms with van der Waals surface area (Å²) in [5.41, 5.74) is 2.32. The van der Waals surface area contributed by atoms with Gasteiger partial charge in [-0.05, 0) is 38.3 Å². The second kappa shape index (κ2) is 11.8. The van der Waals surface area contributed by atoms with Gasteiger partial charge in [-0.15, -0.1) is 0 Å². The van der Waals surface area contributed by atoms with Crippen LogP contribution in [0.15, 0.2) is 24.3 Å². The molecule has 2 rings (SSSR count). The Morgan fingerprint density at radius 2 is 1.89 bits per heavy atom. The van der Waals surface area contributed by atoms with Crippen molar-refractivity contribution in [2.24, 2.45) is 5.92 Å². The number of likely N-dealkylation sites (tertiary alicyclic amines) is 1. The van der Waals surface area contributed by atoms with E-state index in [2.05, 4.69) is 41.5 Å². The van der Waals surface area contributed by atoms with E-state index in [-0.39, 0.29) is 17.7 Å². The molecule has 1 aliphatic heterocycles. The van der Waals surface area contributed by atoms with Gasteiger partial charge in [-0.3, -0.25) is 14.5 Å². The number of hydrogen-bond acceptors (Lipinski definition) is 3. The van der Waals surface area contributed by atoms with Gasteiger partial charge in [0.1, 0.15) is 0 Å². The van der Waals surface area contributed by atoms with Crippen molar-refractivity contribution in [3.8, 4) is 0 Å². The first-order chi connectivity index (χ1) is 13.1. The molecule has 0 spiro atoms. The molecule has 0 saturated carbocycles. The Morgan fingerprint density at radius 1 is 1.11 bits per heavy atom. The Kier molecular flexibility index (Phi) is 9.32. The van der Waals surface area contributed by atoms with E-state index in [0.717, 1.165) is 37.9 Å². The molecule has 0 radical (unpaired) electrons. The summed E-state index contributed by atoms with van der Waals surface area (Å²) in [6.07, 6.45) is 6.55. The number of aryl methyl sites for hydroxylation is 1. The Labute approximate surface area is 163 Å². The SMILES string of the molecule is CCCCCCNC(=O)C1CCCN(CC(=O)NCc2ccc(C)cc2)C1. The number of carbonyl (C=O) groups is 2. The van der Waals surface area contributed by atoms with Gasteiger partial charge in [0.15, 0.2) is 0 Å². The van der Waals surface area contributed by atoms with Crippen LogP contribution in [0.1, 0.15) is 56.6 Å². The number of piperidine rings is 1. The van der Waals surface area contributed by atoms with Crippen LogP contribution in [0.25, 0.3) is 0 Å². The van der Waals surface area contributed by atoms with Gasteiger partial charge >= 0.3 is 0 Å². The molecule has 150 valence electrons. The van der Waals surface area contributed by atoms with Crippen molar-refractivity contribution in [1.29, 1.82) is 0 Å². The number of carbonyl (C=O) groups excluding carboxylic acids is 2. The molecule has 0 aliphatic carbocycles. The molecular formula is C22H35N3O2. The normalized spacial score (nSPS) is 17.5. The van der Waals surface area contributed by atoms with Crippen LogP contribution >= 0.6 is 0 Å². The van der Waals surface area contributed by atoms with Gasteiger partial charge in [0.25, 0.3) is 0 Å². The predicted octanol–water partition coefficient (Wildman–Crippen LogP) is 3.02. The molecular weight excluding hydrogens is 338 g/mol. The highest BCUT2D eigenvalue weighted by atomic mass is 16.2. The molecule has 1 atom stereocenters. The first-order valence-electron chi connectivity index (χ1n) is 10.4. The smallest absolute Gasteiger partial charge is 0.234 e. The van der Waals surface area contributed by atoms with Gasteiger partial charge in [0.05, 0.1) is 12.5 Å². The van der Waals surface area contributed by atoms with Crippen molar-refractivity contribution >= 4 is 11.8 Å². The molecule has 1 fully saturated rings. The third-order valence-electron chi connectivity index (χ3n) is 5.18. The van der Waals surface area contributed by atoms with E-state index in [9.17, 15) is 9.59 Å². The summed E-state index contributed by atoms with van der Waals surface area (Å²) in [6, 6.07) is 8.18. The summed E-state index contributed by atoms with van der Waals surface area (Å²) >= 11 is 0. The van der Waals surface area contributed by atoms with Crippen molar-refractivity contribution in [2.45, 2.75) is 58.9 Å². The number of rotatable bonds is 10. The maximum absolute atomic E-state index is 12.4. The minimum atomic E-state index is 0.00910. The molecule has 5 nitrogen and oxygen atoms in total. The molecule has 1 unspecified atom stereocenters. The lowest BCUT2D eigenvalue weighted by atomic mass is 9.97. The third-order valence-corrected chi connectivity index (χ3v) is 5.18. The van der Waals surface area contributed by atoms with Crippen molar-refractivity contribution in [2.75, 3.05) is 26.2 Å². The number of nitrogens with zero attached hydrogens (tertiary/aromatic N) is 1. The zero-order valence-electron chi connectivity index (χ0n) is 16.9. The summed E-state index contributed by atoms with van der Waals surface area (Å²) in [7, 11) is 0. The highest BCUT2D eigenvalue weighted by Crippen LogP contribution is 2.16. The van der Waals surface area contributed by atoms with Crippen LogP contribution in [-0.4, -0.2) is 42.9 Å².